The molecule has 0 N–H and O–H groups in total. The first kappa shape index (κ1) is 18.0. The van der Waals surface area contributed by atoms with E-state index in [-0.39, 0.29) is 12.5 Å². The van der Waals surface area contributed by atoms with Crippen LogP contribution >= 0.6 is 0 Å². The lowest BCUT2D eigenvalue weighted by Crippen LogP contribution is -2.33. The summed E-state index contributed by atoms with van der Waals surface area (Å²) >= 11 is 0. The highest BCUT2D eigenvalue weighted by Crippen LogP contribution is 2.27. The number of ether oxygens (including phenoxy) is 1. The molecule has 1 aliphatic heterocycles. The van der Waals surface area contributed by atoms with Crippen LogP contribution in [0.15, 0.2) is 60.7 Å². The highest BCUT2D eigenvalue weighted by molar-refractivity contribution is 5.99. The maximum atomic E-state index is 12.6. The lowest BCUT2D eigenvalue weighted by Gasteiger charge is -2.17. The van der Waals surface area contributed by atoms with E-state index in [0.717, 1.165) is 34.7 Å². The first-order valence-corrected chi connectivity index (χ1v) is 9.36. The molecule has 0 saturated heterocycles. The molecule has 0 spiro atoms. The smallest absolute Gasteiger partial charge is 0.340 e. The molecule has 142 valence electrons. The van der Waals surface area contributed by atoms with Crippen LogP contribution in [-0.2, 0) is 16.0 Å². The molecule has 28 heavy (non-hydrogen) atoms. The molecule has 0 unspecified atom stereocenters. The van der Waals surface area contributed by atoms with Crippen LogP contribution in [0.2, 0.25) is 0 Å². The lowest BCUT2D eigenvalue weighted by molar-refractivity contribution is -0.121. The summed E-state index contributed by atoms with van der Waals surface area (Å²) in [7, 11) is 0. The van der Waals surface area contributed by atoms with Gasteiger partial charge >= 0.3 is 5.97 Å². The average molecular weight is 374 g/mol. The lowest BCUT2D eigenvalue weighted by atomic mass is 10.2. The first-order valence-electron chi connectivity index (χ1n) is 9.36. The van der Waals surface area contributed by atoms with Crippen molar-refractivity contribution in [2.45, 2.75) is 20.3 Å². The number of carbonyl (C=O) groups is 2. The van der Waals surface area contributed by atoms with E-state index < -0.39 is 5.97 Å². The fourth-order valence-electron chi connectivity index (χ4n) is 3.82. The number of fused-ring (bicyclic) bond motifs is 1. The maximum absolute atomic E-state index is 12.6. The minimum absolute atomic E-state index is 0.199. The monoisotopic (exact) mass is 374 g/mol. The summed E-state index contributed by atoms with van der Waals surface area (Å²) < 4.78 is 7.37. The zero-order valence-corrected chi connectivity index (χ0v) is 16.0. The number of nitrogens with zero attached hydrogens (tertiary/aromatic N) is 2. The summed E-state index contributed by atoms with van der Waals surface area (Å²) in [6, 6.07) is 19.5. The molecule has 2 aromatic carbocycles. The van der Waals surface area contributed by atoms with Crippen molar-refractivity contribution in [3.63, 3.8) is 0 Å². The van der Waals surface area contributed by atoms with E-state index in [2.05, 4.69) is 0 Å². The number of rotatable bonds is 4. The van der Waals surface area contributed by atoms with E-state index in [1.54, 1.807) is 11.0 Å². The number of para-hydroxylation sites is 2. The predicted octanol–water partition coefficient (Wildman–Crippen LogP) is 3.84. The number of benzene rings is 2. The number of amides is 1. The third-order valence-electron chi connectivity index (χ3n) is 5.18. The summed E-state index contributed by atoms with van der Waals surface area (Å²) in [5.41, 5.74) is 5.26. The van der Waals surface area contributed by atoms with Crippen LogP contribution in [0.3, 0.4) is 0 Å². The highest BCUT2D eigenvalue weighted by Gasteiger charge is 2.26. The van der Waals surface area contributed by atoms with Crippen molar-refractivity contribution in [1.82, 2.24) is 4.57 Å². The Bertz CT molecular complexity index is 1040. The minimum Gasteiger partial charge on any atom is -0.452 e. The second-order valence-electron chi connectivity index (χ2n) is 6.96. The van der Waals surface area contributed by atoms with Gasteiger partial charge in [0.15, 0.2) is 6.61 Å². The van der Waals surface area contributed by atoms with Gasteiger partial charge in [-0.15, -0.1) is 0 Å². The second-order valence-corrected chi connectivity index (χ2v) is 6.96. The molecule has 0 radical (unpaired) electrons. The van der Waals surface area contributed by atoms with Gasteiger partial charge in [0.2, 0.25) is 0 Å². The molecule has 0 bridgehead atoms. The van der Waals surface area contributed by atoms with Gasteiger partial charge in [0, 0.05) is 29.3 Å². The SMILES string of the molecule is Cc1cc(C(=O)OCC(=O)N2CCc3ccccc32)c(C)n1-c1ccccc1. The Labute approximate surface area is 164 Å². The Morgan fingerprint density at radius 2 is 1.71 bits per heavy atom. The summed E-state index contributed by atoms with van der Waals surface area (Å²) in [6.45, 7) is 4.19. The molecule has 1 amide bonds. The maximum Gasteiger partial charge on any atom is 0.340 e. The minimum atomic E-state index is -0.476. The fourth-order valence-corrected chi connectivity index (χ4v) is 3.82. The van der Waals surface area contributed by atoms with E-state index in [1.165, 1.54) is 0 Å². The van der Waals surface area contributed by atoms with Crippen LogP contribution in [0, 0.1) is 13.8 Å². The van der Waals surface area contributed by atoms with Gasteiger partial charge in [-0.1, -0.05) is 36.4 Å². The summed E-state index contributed by atoms with van der Waals surface area (Å²) in [4.78, 5) is 26.9. The van der Waals surface area contributed by atoms with E-state index >= 15 is 0 Å². The Morgan fingerprint density at radius 3 is 2.50 bits per heavy atom. The molecule has 0 saturated carbocycles. The Hall–Kier alpha value is -3.34. The molecule has 5 heteroatoms. The number of carbonyl (C=O) groups excluding carboxylic acids is 2. The molecular formula is C23H22N2O3. The summed E-state index contributed by atoms with van der Waals surface area (Å²) in [5.74, 6) is -0.675. The predicted molar refractivity (Wildman–Crippen MR) is 108 cm³/mol. The van der Waals surface area contributed by atoms with Gasteiger partial charge in [-0.05, 0) is 50.1 Å². The van der Waals surface area contributed by atoms with E-state index in [1.807, 2.05) is 73.0 Å². The topological polar surface area (TPSA) is 51.5 Å². The van der Waals surface area contributed by atoms with Crippen LogP contribution in [0.5, 0.6) is 0 Å². The Balaban J connectivity index is 1.47. The van der Waals surface area contributed by atoms with Crippen LogP contribution in [-0.4, -0.2) is 29.6 Å². The molecule has 4 rings (SSSR count). The molecule has 2 heterocycles. The first-order chi connectivity index (χ1) is 13.6. The molecule has 0 aliphatic carbocycles. The number of aromatic nitrogens is 1. The van der Waals surface area contributed by atoms with Gasteiger partial charge in [-0.3, -0.25) is 4.79 Å². The Morgan fingerprint density at radius 1 is 1.00 bits per heavy atom. The number of anilines is 1. The van der Waals surface area contributed by atoms with Gasteiger partial charge in [-0.25, -0.2) is 4.79 Å². The fraction of sp³-hybridized carbons (Fsp3) is 0.217. The van der Waals surface area contributed by atoms with E-state index in [9.17, 15) is 9.59 Å². The highest BCUT2D eigenvalue weighted by atomic mass is 16.5. The number of aryl methyl sites for hydroxylation is 1. The van der Waals surface area contributed by atoms with Gasteiger partial charge in [0.25, 0.3) is 5.91 Å². The van der Waals surface area contributed by atoms with Gasteiger partial charge in [0.1, 0.15) is 0 Å². The number of esters is 1. The molecule has 1 aliphatic rings. The van der Waals surface area contributed by atoms with Crippen molar-refractivity contribution in [1.29, 1.82) is 0 Å². The van der Waals surface area contributed by atoms with Crippen LogP contribution in [0.1, 0.15) is 27.3 Å². The van der Waals surface area contributed by atoms with Gasteiger partial charge in [0.05, 0.1) is 5.56 Å². The number of hydrogen-bond donors (Lipinski definition) is 0. The molecule has 1 aromatic heterocycles. The summed E-state index contributed by atoms with van der Waals surface area (Å²) in [5, 5.41) is 0. The average Bonchev–Trinajstić information content (AvgIpc) is 3.27. The van der Waals surface area contributed by atoms with Crippen LogP contribution in [0.4, 0.5) is 5.69 Å². The van der Waals surface area contributed by atoms with Crippen LogP contribution < -0.4 is 4.90 Å². The zero-order valence-electron chi connectivity index (χ0n) is 16.0. The van der Waals surface area contributed by atoms with Gasteiger partial charge < -0.3 is 14.2 Å². The quantitative estimate of drug-likeness (QED) is 0.652. The normalized spacial score (nSPS) is 12.7. The second kappa shape index (κ2) is 7.35. The molecule has 3 aromatic rings. The Kier molecular flexibility index (Phi) is 4.74. The van der Waals surface area contributed by atoms with Crippen LogP contribution in [0.25, 0.3) is 5.69 Å². The van der Waals surface area contributed by atoms with Crippen molar-refractivity contribution in [2.75, 3.05) is 18.1 Å². The molecular weight excluding hydrogens is 352 g/mol. The van der Waals surface area contributed by atoms with Crippen molar-refractivity contribution >= 4 is 17.6 Å². The van der Waals surface area contributed by atoms with Crippen molar-refractivity contribution in [3.8, 4) is 5.69 Å². The van der Waals surface area contributed by atoms with Crippen molar-refractivity contribution in [2.24, 2.45) is 0 Å². The van der Waals surface area contributed by atoms with Crippen molar-refractivity contribution < 1.29 is 14.3 Å². The molecule has 0 atom stereocenters. The zero-order chi connectivity index (χ0) is 19.7. The summed E-state index contributed by atoms with van der Waals surface area (Å²) in [6.07, 6.45) is 0.827. The largest absolute Gasteiger partial charge is 0.452 e. The van der Waals surface area contributed by atoms with Gasteiger partial charge in [-0.2, -0.15) is 0 Å². The standard InChI is InChI=1S/C23H22N2O3/c1-16-14-20(17(2)25(16)19-9-4-3-5-10-19)23(27)28-15-22(26)24-13-12-18-8-6-7-11-21(18)24/h3-11,14H,12-13,15H2,1-2H3. The van der Waals surface area contributed by atoms with E-state index in [4.69, 9.17) is 4.74 Å². The third-order valence-corrected chi connectivity index (χ3v) is 5.18. The third kappa shape index (κ3) is 3.20. The van der Waals surface area contributed by atoms with Crippen molar-refractivity contribution in [3.05, 3.63) is 83.2 Å². The van der Waals surface area contributed by atoms with E-state index in [0.29, 0.717) is 12.1 Å². The molecule has 5 nitrogen and oxygen atoms in total. The molecule has 0 fully saturated rings. The number of hydrogen-bond acceptors (Lipinski definition) is 3.